The number of para-hydroxylation sites is 1. The Morgan fingerprint density at radius 3 is 2.63 bits per heavy atom. The van der Waals surface area contributed by atoms with Crippen LogP contribution >= 0.6 is 11.8 Å². The Morgan fingerprint density at radius 1 is 0.914 bits per heavy atom. The number of tetrazole rings is 1. The molecule has 35 heavy (non-hydrogen) atoms. The van der Waals surface area contributed by atoms with Crippen molar-refractivity contribution in [2.45, 2.75) is 38.6 Å². The Balaban J connectivity index is 1.22. The molecule has 8 heteroatoms. The predicted molar refractivity (Wildman–Crippen MR) is 139 cm³/mol. The molecule has 0 spiro atoms. The van der Waals surface area contributed by atoms with Gasteiger partial charge in [-0.1, -0.05) is 65.9 Å². The maximum Gasteiger partial charge on any atom is 0.214 e. The Labute approximate surface area is 210 Å². The van der Waals surface area contributed by atoms with Crippen LogP contribution in [0.25, 0.3) is 5.69 Å². The summed E-state index contributed by atoms with van der Waals surface area (Å²) in [5, 5.41) is 16.4. The number of nitrogens with zero attached hydrogens (tertiary/aromatic N) is 4. The summed E-state index contributed by atoms with van der Waals surface area (Å²) in [6.07, 6.45) is 1.00. The molecular weight excluding hydrogens is 458 g/mol. The lowest BCUT2D eigenvalue weighted by atomic mass is 10.1. The van der Waals surface area contributed by atoms with E-state index >= 15 is 0 Å². The first-order chi connectivity index (χ1) is 17.2. The SMILES string of the molecule is CCOc1cc(CNCCCSc2nnnn2-c2ccccc2)ccc1OCc1cccc(C)c1. The van der Waals surface area contributed by atoms with Crippen LogP contribution in [0.1, 0.15) is 30.0 Å². The molecule has 0 radical (unpaired) electrons. The van der Waals surface area contributed by atoms with Crippen molar-refractivity contribution in [1.82, 2.24) is 25.5 Å². The average Bonchev–Trinajstić information content (AvgIpc) is 3.35. The number of hydrogen-bond donors (Lipinski definition) is 1. The zero-order valence-corrected chi connectivity index (χ0v) is 21.0. The van der Waals surface area contributed by atoms with Gasteiger partial charge < -0.3 is 14.8 Å². The monoisotopic (exact) mass is 489 g/mol. The Bertz CT molecular complexity index is 1200. The summed E-state index contributed by atoms with van der Waals surface area (Å²) in [4.78, 5) is 0. The van der Waals surface area contributed by atoms with E-state index in [0.29, 0.717) is 13.2 Å². The van der Waals surface area contributed by atoms with E-state index in [4.69, 9.17) is 9.47 Å². The lowest BCUT2D eigenvalue weighted by molar-refractivity contribution is 0.269. The van der Waals surface area contributed by atoms with Crippen LogP contribution in [0.4, 0.5) is 0 Å². The number of aryl methyl sites for hydroxylation is 1. The first-order valence-electron chi connectivity index (χ1n) is 11.8. The molecule has 0 bridgehead atoms. The van der Waals surface area contributed by atoms with Gasteiger partial charge in [0.1, 0.15) is 6.61 Å². The molecule has 3 aromatic carbocycles. The Hall–Kier alpha value is -3.36. The summed E-state index contributed by atoms with van der Waals surface area (Å²) in [6, 6.07) is 24.4. The van der Waals surface area contributed by atoms with Gasteiger partial charge in [0.15, 0.2) is 11.5 Å². The molecule has 0 amide bonds. The fourth-order valence-corrected chi connectivity index (χ4v) is 4.44. The lowest BCUT2D eigenvalue weighted by Crippen LogP contribution is -2.15. The van der Waals surface area contributed by atoms with Gasteiger partial charge in [-0.3, -0.25) is 0 Å². The second kappa shape index (κ2) is 12.9. The molecular formula is C27H31N5O2S. The standard InChI is InChI=1S/C27H31N5O2S/c1-3-33-26-18-22(13-14-25(26)34-20-23-10-7-9-21(2)17-23)19-28-15-8-16-35-27-29-30-31-32(27)24-11-5-4-6-12-24/h4-7,9-14,17-18,28H,3,8,15-16,19-20H2,1-2H3. The molecule has 7 nitrogen and oxygen atoms in total. The molecule has 0 saturated carbocycles. The van der Waals surface area contributed by atoms with Crippen molar-refractivity contribution in [2.75, 3.05) is 18.9 Å². The van der Waals surface area contributed by atoms with Crippen LogP contribution < -0.4 is 14.8 Å². The quantitative estimate of drug-likeness (QED) is 0.204. The largest absolute Gasteiger partial charge is 0.490 e. The molecule has 1 heterocycles. The smallest absolute Gasteiger partial charge is 0.214 e. The van der Waals surface area contributed by atoms with Gasteiger partial charge >= 0.3 is 0 Å². The maximum absolute atomic E-state index is 6.05. The number of benzene rings is 3. The molecule has 182 valence electrons. The van der Waals surface area contributed by atoms with E-state index in [1.54, 1.807) is 16.4 Å². The molecule has 0 aliphatic rings. The number of ether oxygens (including phenoxy) is 2. The highest BCUT2D eigenvalue weighted by Gasteiger charge is 2.09. The summed E-state index contributed by atoms with van der Waals surface area (Å²) < 4.78 is 13.7. The topological polar surface area (TPSA) is 74.1 Å². The van der Waals surface area contributed by atoms with Crippen LogP contribution in [0.2, 0.25) is 0 Å². The van der Waals surface area contributed by atoms with Gasteiger partial charge in [-0.25, -0.2) is 0 Å². The highest BCUT2D eigenvalue weighted by atomic mass is 32.2. The number of thioether (sulfide) groups is 1. The van der Waals surface area contributed by atoms with Crippen LogP contribution in [-0.4, -0.2) is 39.1 Å². The summed E-state index contributed by atoms with van der Waals surface area (Å²) in [7, 11) is 0. The maximum atomic E-state index is 6.05. The second-order valence-electron chi connectivity index (χ2n) is 8.08. The zero-order valence-electron chi connectivity index (χ0n) is 20.2. The van der Waals surface area contributed by atoms with Crippen molar-refractivity contribution >= 4 is 11.8 Å². The molecule has 0 unspecified atom stereocenters. The predicted octanol–water partition coefficient (Wildman–Crippen LogP) is 5.22. The van der Waals surface area contributed by atoms with Gasteiger partial charge in [0, 0.05) is 12.3 Å². The van der Waals surface area contributed by atoms with Crippen molar-refractivity contribution in [3.05, 3.63) is 89.5 Å². The van der Waals surface area contributed by atoms with Crippen molar-refractivity contribution < 1.29 is 9.47 Å². The lowest BCUT2D eigenvalue weighted by Gasteiger charge is -2.14. The van der Waals surface area contributed by atoms with E-state index in [0.717, 1.165) is 58.7 Å². The molecule has 4 rings (SSSR count). The van der Waals surface area contributed by atoms with Crippen LogP contribution in [0.5, 0.6) is 11.5 Å². The normalized spacial score (nSPS) is 10.9. The van der Waals surface area contributed by atoms with Crippen molar-refractivity contribution in [1.29, 1.82) is 0 Å². The Morgan fingerprint density at radius 2 is 1.80 bits per heavy atom. The van der Waals surface area contributed by atoms with Crippen molar-refractivity contribution in [2.24, 2.45) is 0 Å². The van der Waals surface area contributed by atoms with E-state index in [9.17, 15) is 0 Å². The van der Waals surface area contributed by atoms with Crippen LogP contribution in [-0.2, 0) is 13.2 Å². The average molecular weight is 490 g/mol. The first-order valence-corrected chi connectivity index (χ1v) is 12.8. The third-order valence-corrected chi connectivity index (χ3v) is 6.29. The molecule has 0 saturated heterocycles. The van der Waals surface area contributed by atoms with Gasteiger partial charge in [0.2, 0.25) is 5.16 Å². The van der Waals surface area contributed by atoms with Gasteiger partial charge in [-0.05, 0) is 72.6 Å². The fourth-order valence-electron chi connectivity index (χ4n) is 3.61. The highest BCUT2D eigenvalue weighted by molar-refractivity contribution is 7.99. The van der Waals surface area contributed by atoms with Crippen LogP contribution in [0, 0.1) is 6.92 Å². The van der Waals surface area contributed by atoms with E-state index in [1.807, 2.05) is 43.3 Å². The third kappa shape index (κ3) is 7.31. The van der Waals surface area contributed by atoms with Crippen LogP contribution in [0.15, 0.2) is 78.0 Å². The minimum atomic E-state index is 0.518. The summed E-state index contributed by atoms with van der Waals surface area (Å²) in [5.74, 6) is 2.48. The second-order valence-corrected chi connectivity index (χ2v) is 9.14. The van der Waals surface area contributed by atoms with E-state index in [-0.39, 0.29) is 0 Å². The van der Waals surface area contributed by atoms with E-state index in [2.05, 4.69) is 64.2 Å². The van der Waals surface area contributed by atoms with Crippen molar-refractivity contribution in [3.8, 4) is 17.2 Å². The van der Waals surface area contributed by atoms with Gasteiger partial charge in [0.05, 0.1) is 12.3 Å². The van der Waals surface area contributed by atoms with Gasteiger partial charge in [0.25, 0.3) is 0 Å². The summed E-state index contributed by atoms with van der Waals surface area (Å²) in [6.45, 7) is 6.85. The Kier molecular flexibility index (Phi) is 9.14. The zero-order chi connectivity index (χ0) is 24.3. The highest BCUT2D eigenvalue weighted by Crippen LogP contribution is 2.29. The van der Waals surface area contributed by atoms with Gasteiger partial charge in [-0.15, -0.1) is 5.10 Å². The van der Waals surface area contributed by atoms with Crippen LogP contribution in [0.3, 0.4) is 0 Å². The van der Waals surface area contributed by atoms with Gasteiger partial charge in [-0.2, -0.15) is 4.68 Å². The minimum absolute atomic E-state index is 0.518. The molecule has 1 N–H and O–H groups in total. The molecule has 0 atom stereocenters. The number of hydrogen-bond acceptors (Lipinski definition) is 7. The van der Waals surface area contributed by atoms with E-state index < -0.39 is 0 Å². The van der Waals surface area contributed by atoms with Crippen molar-refractivity contribution in [3.63, 3.8) is 0 Å². The first kappa shape index (κ1) is 24.8. The fraction of sp³-hybridized carbons (Fsp3) is 0.296. The summed E-state index contributed by atoms with van der Waals surface area (Å²) >= 11 is 1.66. The minimum Gasteiger partial charge on any atom is -0.490 e. The number of rotatable bonds is 13. The summed E-state index contributed by atoms with van der Waals surface area (Å²) in [5.41, 5.74) is 4.51. The molecule has 4 aromatic rings. The number of nitrogens with one attached hydrogen (secondary N) is 1. The van der Waals surface area contributed by atoms with E-state index in [1.165, 1.54) is 5.56 Å². The molecule has 1 aromatic heterocycles. The molecule has 0 aliphatic carbocycles. The third-order valence-electron chi connectivity index (χ3n) is 5.28. The number of aromatic nitrogens is 4. The molecule has 0 fully saturated rings. The molecule has 0 aliphatic heterocycles.